The number of carbonyl (C=O) groups excluding carboxylic acids is 1. The van der Waals surface area contributed by atoms with Crippen LogP contribution in [0.3, 0.4) is 0 Å². The summed E-state index contributed by atoms with van der Waals surface area (Å²) in [4.78, 5) is 16.1. The Morgan fingerprint density at radius 3 is 2.50 bits per heavy atom. The summed E-state index contributed by atoms with van der Waals surface area (Å²) in [5.74, 6) is 0.249. The van der Waals surface area contributed by atoms with Crippen LogP contribution in [-0.4, -0.2) is 67.7 Å². The Morgan fingerprint density at radius 2 is 1.94 bits per heavy atom. The topological polar surface area (TPSA) is 58.8 Å². The van der Waals surface area contributed by atoms with Gasteiger partial charge in [-0.05, 0) is 26.8 Å². The van der Waals surface area contributed by atoms with Crippen molar-refractivity contribution in [2.75, 3.05) is 45.9 Å². The van der Waals surface area contributed by atoms with Gasteiger partial charge in [-0.1, -0.05) is 0 Å². The van der Waals surface area contributed by atoms with Crippen LogP contribution in [0, 0.1) is 0 Å². The Morgan fingerprint density at radius 1 is 1.28 bits per heavy atom. The second-order valence-electron chi connectivity index (χ2n) is 5.03. The molecule has 0 aromatic rings. The minimum absolute atomic E-state index is 0.249. The highest BCUT2D eigenvalue weighted by Gasteiger charge is 2.20. The second kappa shape index (κ2) is 8.45. The van der Waals surface area contributed by atoms with Gasteiger partial charge in [0.1, 0.15) is 0 Å². The van der Waals surface area contributed by atoms with Gasteiger partial charge in [-0.25, -0.2) is 0 Å². The van der Waals surface area contributed by atoms with E-state index in [1.54, 1.807) is 0 Å². The highest BCUT2D eigenvalue weighted by atomic mass is 16.5. The van der Waals surface area contributed by atoms with E-state index < -0.39 is 0 Å². The molecule has 0 aliphatic carbocycles. The van der Waals surface area contributed by atoms with E-state index in [4.69, 9.17) is 10.5 Å². The molecule has 0 atom stereocenters. The van der Waals surface area contributed by atoms with Gasteiger partial charge in [-0.2, -0.15) is 0 Å². The van der Waals surface area contributed by atoms with Gasteiger partial charge < -0.3 is 15.4 Å². The van der Waals surface area contributed by atoms with Gasteiger partial charge in [0, 0.05) is 39.1 Å². The van der Waals surface area contributed by atoms with E-state index in [0.717, 1.165) is 45.8 Å². The number of amides is 1. The first-order chi connectivity index (χ1) is 8.63. The first kappa shape index (κ1) is 15.4. The van der Waals surface area contributed by atoms with Crippen LogP contribution in [0.4, 0.5) is 0 Å². The molecule has 1 aliphatic rings. The van der Waals surface area contributed by atoms with Crippen LogP contribution >= 0.6 is 0 Å². The average molecular weight is 257 g/mol. The van der Waals surface area contributed by atoms with E-state index in [-0.39, 0.29) is 5.91 Å². The van der Waals surface area contributed by atoms with Gasteiger partial charge in [-0.3, -0.25) is 9.69 Å². The quantitative estimate of drug-likeness (QED) is 0.712. The molecule has 2 N–H and O–H groups in total. The van der Waals surface area contributed by atoms with Crippen LogP contribution in [0.5, 0.6) is 0 Å². The minimum atomic E-state index is 0.249. The standard InChI is InChI=1S/C13H27N3O2/c1-12(2)18-11-10-15-6-8-16(9-7-15)13(17)4-3-5-14/h12H,3-11,14H2,1-2H3. The van der Waals surface area contributed by atoms with Crippen LogP contribution in [0.2, 0.25) is 0 Å². The number of nitrogens with two attached hydrogens (primary N) is 1. The molecule has 0 radical (unpaired) electrons. The Labute approximate surface area is 110 Å². The van der Waals surface area contributed by atoms with Gasteiger partial charge >= 0.3 is 0 Å². The molecular formula is C13H27N3O2. The van der Waals surface area contributed by atoms with Crippen molar-refractivity contribution in [1.82, 2.24) is 9.80 Å². The Bertz CT molecular complexity index is 238. The monoisotopic (exact) mass is 257 g/mol. The largest absolute Gasteiger partial charge is 0.377 e. The summed E-state index contributed by atoms with van der Waals surface area (Å²) in [7, 11) is 0. The summed E-state index contributed by atoms with van der Waals surface area (Å²) < 4.78 is 5.54. The number of hydrogen-bond acceptors (Lipinski definition) is 4. The molecule has 1 amide bonds. The van der Waals surface area contributed by atoms with Crippen LogP contribution < -0.4 is 5.73 Å². The normalized spacial score (nSPS) is 17.4. The van der Waals surface area contributed by atoms with Gasteiger partial charge in [0.25, 0.3) is 0 Å². The zero-order valence-corrected chi connectivity index (χ0v) is 11.7. The van der Waals surface area contributed by atoms with E-state index in [1.165, 1.54) is 0 Å². The van der Waals surface area contributed by atoms with Crippen molar-refractivity contribution < 1.29 is 9.53 Å². The molecule has 0 aromatic carbocycles. The third-order valence-electron chi connectivity index (χ3n) is 3.18. The molecule has 0 aromatic heterocycles. The number of nitrogens with zero attached hydrogens (tertiary/aromatic N) is 2. The van der Waals surface area contributed by atoms with Gasteiger partial charge in [0.15, 0.2) is 0 Å². The first-order valence-corrected chi connectivity index (χ1v) is 6.95. The van der Waals surface area contributed by atoms with Gasteiger partial charge in [0.2, 0.25) is 5.91 Å². The molecule has 1 rings (SSSR count). The molecular weight excluding hydrogens is 230 g/mol. The summed E-state index contributed by atoms with van der Waals surface area (Å²) in [6.07, 6.45) is 1.68. The predicted molar refractivity (Wildman–Crippen MR) is 72.4 cm³/mol. The molecule has 0 bridgehead atoms. The lowest BCUT2D eigenvalue weighted by atomic mass is 10.2. The van der Waals surface area contributed by atoms with Gasteiger partial charge in [0.05, 0.1) is 12.7 Å². The number of carbonyl (C=O) groups is 1. The summed E-state index contributed by atoms with van der Waals surface area (Å²) >= 11 is 0. The third-order valence-corrected chi connectivity index (χ3v) is 3.18. The van der Waals surface area contributed by atoms with Gasteiger partial charge in [-0.15, -0.1) is 0 Å². The fraction of sp³-hybridized carbons (Fsp3) is 0.923. The van der Waals surface area contributed by atoms with Crippen molar-refractivity contribution in [2.45, 2.75) is 32.8 Å². The second-order valence-corrected chi connectivity index (χ2v) is 5.03. The summed E-state index contributed by atoms with van der Waals surface area (Å²) in [5, 5.41) is 0. The van der Waals surface area contributed by atoms with Crippen LogP contribution in [-0.2, 0) is 9.53 Å². The van der Waals surface area contributed by atoms with Crippen LogP contribution in [0.25, 0.3) is 0 Å². The summed E-state index contributed by atoms with van der Waals surface area (Å²) in [5.41, 5.74) is 5.41. The van der Waals surface area contributed by atoms with E-state index >= 15 is 0 Å². The Hall–Kier alpha value is -0.650. The molecule has 1 fully saturated rings. The van der Waals surface area contributed by atoms with Crippen molar-refractivity contribution in [3.63, 3.8) is 0 Å². The smallest absolute Gasteiger partial charge is 0.222 e. The maximum absolute atomic E-state index is 11.8. The maximum atomic E-state index is 11.8. The zero-order chi connectivity index (χ0) is 13.4. The molecule has 1 saturated heterocycles. The number of ether oxygens (including phenoxy) is 1. The molecule has 5 heteroatoms. The molecule has 18 heavy (non-hydrogen) atoms. The minimum Gasteiger partial charge on any atom is -0.377 e. The predicted octanol–water partition coefficient (Wildman–Crippen LogP) is 0.295. The molecule has 1 heterocycles. The van der Waals surface area contributed by atoms with Crippen molar-refractivity contribution in [3.05, 3.63) is 0 Å². The van der Waals surface area contributed by atoms with Crippen molar-refractivity contribution >= 4 is 5.91 Å². The van der Waals surface area contributed by atoms with Crippen LogP contribution in [0.15, 0.2) is 0 Å². The SMILES string of the molecule is CC(C)OCCN1CCN(C(=O)CCCN)CC1. The zero-order valence-electron chi connectivity index (χ0n) is 11.7. The number of rotatable bonds is 7. The Kier molecular flexibility index (Phi) is 7.23. The first-order valence-electron chi connectivity index (χ1n) is 6.95. The number of hydrogen-bond donors (Lipinski definition) is 1. The summed E-state index contributed by atoms with van der Waals surface area (Å²) in [6.45, 7) is 10.0. The lowest BCUT2D eigenvalue weighted by Crippen LogP contribution is -2.49. The molecule has 0 spiro atoms. The van der Waals surface area contributed by atoms with Crippen molar-refractivity contribution in [3.8, 4) is 0 Å². The van der Waals surface area contributed by atoms with Crippen molar-refractivity contribution in [1.29, 1.82) is 0 Å². The molecule has 0 saturated carbocycles. The lowest BCUT2D eigenvalue weighted by molar-refractivity contribution is -0.133. The molecule has 106 valence electrons. The van der Waals surface area contributed by atoms with Crippen molar-refractivity contribution in [2.24, 2.45) is 5.73 Å². The third kappa shape index (κ3) is 5.80. The lowest BCUT2D eigenvalue weighted by Gasteiger charge is -2.34. The van der Waals surface area contributed by atoms with Crippen LogP contribution in [0.1, 0.15) is 26.7 Å². The summed E-state index contributed by atoms with van der Waals surface area (Å²) in [6, 6.07) is 0. The highest BCUT2D eigenvalue weighted by Crippen LogP contribution is 2.05. The van der Waals surface area contributed by atoms with E-state index in [0.29, 0.717) is 19.1 Å². The maximum Gasteiger partial charge on any atom is 0.222 e. The van der Waals surface area contributed by atoms with E-state index in [1.807, 2.05) is 18.7 Å². The van der Waals surface area contributed by atoms with E-state index in [2.05, 4.69) is 4.90 Å². The highest BCUT2D eigenvalue weighted by molar-refractivity contribution is 5.76. The Balaban J connectivity index is 2.14. The van der Waals surface area contributed by atoms with E-state index in [9.17, 15) is 4.79 Å². The number of piperazine rings is 1. The average Bonchev–Trinajstić information content (AvgIpc) is 2.36. The molecule has 0 unspecified atom stereocenters. The fourth-order valence-electron chi connectivity index (χ4n) is 2.05. The fourth-order valence-corrected chi connectivity index (χ4v) is 2.05. The molecule has 5 nitrogen and oxygen atoms in total. The molecule has 1 aliphatic heterocycles.